The predicted octanol–water partition coefficient (Wildman–Crippen LogP) is -1.38. The van der Waals surface area contributed by atoms with Crippen molar-refractivity contribution in [3.8, 4) is 0 Å². The minimum Gasteiger partial charge on any atom is -0.386 e. The molecular weight excluding hydrogens is 122 g/mol. The summed E-state index contributed by atoms with van der Waals surface area (Å²) < 4.78 is 0. The molecule has 4 heteroatoms. The molecular formula is C5H13NO3. The van der Waals surface area contributed by atoms with E-state index in [0.717, 1.165) is 0 Å². The monoisotopic (exact) mass is 135 g/mol. The zero-order chi connectivity index (χ0) is 7.49. The molecule has 1 unspecified atom stereocenters. The molecule has 0 radical (unpaired) electrons. The van der Waals surface area contributed by atoms with E-state index in [-0.39, 0.29) is 0 Å². The zero-order valence-corrected chi connectivity index (χ0v) is 5.63. The standard InChI is InChI=1S/C5H13NO3/c1-3-4(7)5(8,9)6-2/h4,6-9H,3H2,1-2H3. The van der Waals surface area contributed by atoms with E-state index in [0.29, 0.717) is 6.42 Å². The summed E-state index contributed by atoms with van der Waals surface area (Å²) in [6.45, 7) is 1.66. The van der Waals surface area contributed by atoms with Gasteiger partial charge in [-0.15, -0.1) is 0 Å². The van der Waals surface area contributed by atoms with Crippen LogP contribution in [0, 0.1) is 0 Å². The fourth-order valence-electron chi connectivity index (χ4n) is 0.451. The molecule has 56 valence electrons. The van der Waals surface area contributed by atoms with Gasteiger partial charge in [-0.1, -0.05) is 6.92 Å². The van der Waals surface area contributed by atoms with E-state index in [4.69, 9.17) is 15.3 Å². The largest absolute Gasteiger partial charge is 0.386 e. The molecule has 0 spiro atoms. The lowest BCUT2D eigenvalue weighted by Crippen LogP contribution is -2.52. The van der Waals surface area contributed by atoms with Crippen LogP contribution in [0.2, 0.25) is 0 Å². The fraction of sp³-hybridized carbons (Fsp3) is 1.00. The van der Waals surface area contributed by atoms with Crippen LogP contribution < -0.4 is 5.32 Å². The van der Waals surface area contributed by atoms with Gasteiger partial charge in [0.2, 0.25) is 5.91 Å². The quantitative estimate of drug-likeness (QED) is 0.360. The molecule has 0 aliphatic heterocycles. The van der Waals surface area contributed by atoms with E-state index in [1.54, 1.807) is 6.92 Å². The van der Waals surface area contributed by atoms with Crippen molar-refractivity contribution in [2.24, 2.45) is 0 Å². The van der Waals surface area contributed by atoms with Gasteiger partial charge in [0, 0.05) is 0 Å². The van der Waals surface area contributed by atoms with E-state index >= 15 is 0 Å². The van der Waals surface area contributed by atoms with Crippen molar-refractivity contribution < 1.29 is 15.3 Å². The van der Waals surface area contributed by atoms with Crippen LogP contribution >= 0.6 is 0 Å². The molecule has 0 saturated carbocycles. The van der Waals surface area contributed by atoms with Gasteiger partial charge in [-0.3, -0.25) is 5.32 Å². The van der Waals surface area contributed by atoms with Crippen LogP contribution in [-0.2, 0) is 0 Å². The van der Waals surface area contributed by atoms with Gasteiger partial charge < -0.3 is 15.3 Å². The molecule has 4 N–H and O–H groups in total. The van der Waals surface area contributed by atoms with Crippen molar-refractivity contribution in [3.05, 3.63) is 0 Å². The van der Waals surface area contributed by atoms with Crippen molar-refractivity contribution in [2.75, 3.05) is 7.05 Å². The number of hydrogen-bond donors (Lipinski definition) is 4. The molecule has 0 heterocycles. The van der Waals surface area contributed by atoms with Gasteiger partial charge in [-0.25, -0.2) is 0 Å². The van der Waals surface area contributed by atoms with Gasteiger partial charge in [0.15, 0.2) is 0 Å². The van der Waals surface area contributed by atoms with E-state index in [1.807, 2.05) is 0 Å². The Kier molecular flexibility index (Phi) is 3.07. The van der Waals surface area contributed by atoms with Gasteiger partial charge in [-0.2, -0.15) is 0 Å². The van der Waals surface area contributed by atoms with Crippen LogP contribution in [0.15, 0.2) is 0 Å². The molecule has 9 heavy (non-hydrogen) atoms. The minimum atomic E-state index is -2.14. The number of aliphatic hydroxyl groups excluding tert-OH is 1. The Morgan fingerprint density at radius 3 is 2.11 bits per heavy atom. The third kappa shape index (κ3) is 2.28. The summed E-state index contributed by atoms with van der Waals surface area (Å²) in [6.07, 6.45) is -0.837. The lowest BCUT2D eigenvalue weighted by molar-refractivity contribution is -0.242. The highest BCUT2D eigenvalue weighted by molar-refractivity contribution is 4.67. The summed E-state index contributed by atoms with van der Waals surface area (Å²) in [6, 6.07) is 0. The SMILES string of the molecule is CCC(O)C(O)(O)NC. The second-order valence-corrected chi connectivity index (χ2v) is 1.90. The van der Waals surface area contributed by atoms with E-state index in [1.165, 1.54) is 7.05 Å². The Hall–Kier alpha value is -0.160. The highest BCUT2D eigenvalue weighted by Gasteiger charge is 2.28. The molecule has 0 bridgehead atoms. The first-order valence-electron chi connectivity index (χ1n) is 2.86. The normalized spacial score (nSPS) is 15.7. The lowest BCUT2D eigenvalue weighted by Gasteiger charge is -2.25. The van der Waals surface area contributed by atoms with Gasteiger partial charge in [0.05, 0.1) is 0 Å². The summed E-state index contributed by atoms with van der Waals surface area (Å²) in [7, 11) is 1.36. The first kappa shape index (κ1) is 8.84. The van der Waals surface area contributed by atoms with Crippen molar-refractivity contribution in [1.82, 2.24) is 5.32 Å². The van der Waals surface area contributed by atoms with Crippen LogP contribution in [0.25, 0.3) is 0 Å². The topological polar surface area (TPSA) is 72.7 Å². The molecule has 0 aromatic heterocycles. The second kappa shape index (κ2) is 3.12. The van der Waals surface area contributed by atoms with Gasteiger partial charge >= 0.3 is 0 Å². The smallest absolute Gasteiger partial charge is 0.249 e. The van der Waals surface area contributed by atoms with Crippen LogP contribution in [-0.4, -0.2) is 34.4 Å². The molecule has 0 aliphatic rings. The Labute approximate surface area is 54.1 Å². The van der Waals surface area contributed by atoms with Gasteiger partial charge in [0.25, 0.3) is 0 Å². The Morgan fingerprint density at radius 1 is 1.56 bits per heavy atom. The molecule has 1 atom stereocenters. The first-order valence-corrected chi connectivity index (χ1v) is 2.86. The van der Waals surface area contributed by atoms with Gasteiger partial charge in [0.1, 0.15) is 6.10 Å². The average Bonchev–Trinajstić information content (AvgIpc) is 1.86. The predicted molar refractivity (Wildman–Crippen MR) is 32.5 cm³/mol. The highest BCUT2D eigenvalue weighted by atomic mass is 16.5. The summed E-state index contributed by atoms with van der Waals surface area (Å²) in [4.78, 5) is 0. The Balaban J connectivity index is 3.80. The molecule has 0 aromatic rings. The number of rotatable bonds is 3. The fourth-order valence-corrected chi connectivity index (χ4v) is 0.451. The average molecular weight is 135 g/mol. The Bertz CT molecular complexity index is 84.3. The van der Waals surface area contributed by atoms with Crippen molar-refractivity contribution in [2.45, 2.75) is 25.4 Å². The lowest BCUT2D eigenvalue weighted by atomic mass is 10.2. The highest BCUT2D eigenvalue weighted by Crippen LogP contribution is 2.03. The number of likely N-dealkylation sites (N-methyl/N-ethyl adjacent to an activating group) is 1. The molecule has 0 aromatic carbocycles. The maximum atomic E-state index is 8.82. The number of aliphatic hydroxyl groups is 3. The summed E-state index contributed by atoms with van der Waals surface area (Å²) in [5, 5.41) is 28.5. The number of nitrogens with one attached hydrogen (secondary N) is 1. The maximum absolute atomic E-state index is 8.82. The Morgan fingerprint density at radius 2 is 2.00 bits per heavy atom. The third-order valence-corrected chi connectivity index (χ3v) is 1.22. The summed E-state index contributed by atoms with van der Waals surface area (Å²) in [5.74, 6) is -2.14. The minimum absolute atomic E-state index is 0.299. The molecule has 4 nitrogen and oxygen atoms in total. The first-order chi connectivity index (χ1) is 4.04. The molecule has 0 fully saturated rings. The molecule has 0 saturated heterocycles. The molecule has 0 aliphatic carbocycles. The maximum Gasteiger partial charge on any atom is 0.249 e. The van der Waals surface area contributed by atoms with Crippen molar-refractivity contribution >= 4 is 0 Å². The van der Waals surface area contributed by atoms with Gasteiger partial charge in [-0.05, 0) is 13.5 Å². The number of hydrogen-bond acceptors (Lipinski definition) is 4. The van der Waals surface area contributed by atoms with E-state index in [9.17, 15) is 0 Å². The van der Waals surface area contributed by atoms with Crippen LogP contribution in [0.3, 0.4) is 0 Å². The molecule has 0 amide bonds. The van der Waals surface area contributed by atoms with Crippen molar-refractivity contribution in [1.29, 1.82) is 0 Å². The van der Waals surface area contributed by atoms with Crippen LogP contribution in [0.5, 0.6) is 0 Å². The van der Waals surface area contributed by atoms with Crippen molar-refractivity contribution in [3.63, 3.8) is 0 Å². The molecule has 0 rings (SSSR count). The second-order valence-electron chi connectivity index (χ2n) is 1.90. The zero-order valence-electron chi connectivity index (χ0n) is 5.63. The van der Waals surface area contributed by atoms with E-state index in [2.05, 4.69) is 5.32 Å². The third-order valence-electron chi connectivity index (χ3n) is 1.22. The van der Waals surface area contributed by atoms with Crippen LogP contribution in [0.1, 0.15) is 13.3 Å². The van der Waals surface area contributed by atoms with E-state index < -0.39 is 12.0 Å². The van der Waals surface area contributed by atoms with Crippen LogP contribution in [0.4, 0.5) is 0 Å². The summed E-state index contributed by atoms with van der Waals surface area (Å²) in [5.41, 5.74) is 0. The summed E-state index contributed by atoms with van der Waals surface area (Å²) >= 11 is 0.